The molecule has 1 rings (SSSR count). The van der Waals surface area contributed by atoms with Gasteiger partial charge in [-0.2, -0.15) is 0 Å². The van der Waals surface area contributed by atoms with E-state index in [-0.39, 0.29) is 0 Å². The molecule has 0 saturated heterocycles. The first-order valence-electron chi connectivity index (χ1n) is 5.27. The highest BCUT2D eigenvalue weighted by Crippen LogP contribution is 2.28. The molecule has 1 aromatic carbocycles. The number of benzene rings is 1. The van der Waals surface area contributed by atoms with Gasteiger partial charge in [-0.25, -0.2) is 0 Å². The van der Waals surface area contributed by atoms with Crippen LogP contribution in [-0.4, -0.2) is 13.2 Å². The maximum atomic E-state index is 5.24. The quantitative estimate of drug-likeness (QED) is 0.872. The maximum Gasteiger partial charge on any atom is 0.135 e. The minimum atomic E-state index is 0.501. The summed E-state index contributed by atoms with van der Waals surface area (Å²) in [5.74, 6) is 0.865. The molecule has 0 amide bonds. The Balaban J connectivity index is 2.69. The highest BCUT2D eigenvalue weighted by Gasteiger charge is 2.04. The lowest BCUT2D eigenvalue weighted by Crippen LogP contribution is -2.14. The molecule has 0 saturated carbocycles. The van der Waals surface area contributed by atoms with Gasteiger partial charge < -0.3 is 10.1 Å². The van der Waals surface area contributed by atoms with Crippen molar-refractivity contribution in [3.63, 3.8) is 0 Å². The number of hydrogen-bond donors (Lipinski definition) is 1. The molecule has 1 aromatic rings. The molecule has 0 bridgehead atoms. The van der Waals surface area contributed by atoms with Gasteiger partial charge in [-0.3, -0.25) is 0 Å². The molecule has 0 spiro atoms. The summed E-state index contributed by atoms with van der Waals surface area (Å²) in [6.45, 7) is 4.39. The van der Waals surface area contributed by atoms with Gasteiger partial charge in [0.2, 0.25) is 0 Å². The second kappa shape index (κ2) is 6.01. The summed E-state index contributed by atoms with van der Waals surface area (Å²) in [7, 11) is 1.68. The van der Waals surface area contributed by atoms with Crippen LogP contribution in [0.4, 0.5) is 5.69 Å². The summed E-state index contributed by atoms with van der Waals surface area (Å²) in [5.41, 5.74) is 1.11. The van der Waals surface area contributed by atoms with Gasteiger partial charge in [-0.05, 0) is 41.4 Å². The van der Waals surface area contributed by atoms with E-state index in [0.29, 0.717) is 6.04 Å². The van der Waals surface area contributed by atoms with Gasteiger partial charge in [0.25, 0.3) is 0 Å². The van der Waals surface area contributed by atoms with Crippen LogP contribution in [0.15, 0.2) is 22.7 Å². The van der Waals surface area contributed by atoms with Gasteiger partial charge in [-0.15, -0.1) is 0 Å². The summed E-state index contributed by atoms with van der Waals surface area (Å²) in [6.07, 6.45) is 2.38. The molecule has 2 nitrogen and oxygen atoms in total. The Kier molecular flexibility index (Phi) is 4.95. The van der Waals surface area contributed by atoms with Gasteiger partial charge in [0.05, 0.1) is 11.6 Å². The van der Waals surface area contributed by atoms with Crippen LogP contribution in [0.3, 0.4) is 0 Å². The number of anilines is 1. The topological polar surface area (TPSA) is 21.3 Å². The molecule has 0 aliphatic rings. The fourth-order valence-corrected chi connectivity index (χ4v) is 1.95. The number of nitrogens with one attached hydrogen (secondary N) is 1. The van der Waals surface area contributed by atoms with E-state index in [9.17, 15) is 0 Å². The van der Waals surface area contributed by atoms with E-state index in [1.54, 1.807) is 7.11 Å². The third-order valence-electron chi connectivity index (χ3n) is 2.29. The zero-order valence-electron chi connectivity index (χ0n) is 9.51. The lowest BCUT2D eigenvalue weighted by Gasteiger charge is -2.15. The summed E-state index contributed by atoms with van der Waals surface area (Å²) in [5, 5.41) is 3.44. The Labute approximate surface area is 100 Å². The molecule has 15 heavy (non-hydrogen) atoms. The van der Waals surface area contributed by atoms with E-state index in [4.69, 9.17) is 4.74 Å². The van der Waals surface area contributed by atoms with E-state index in [1.807, 2.05) is 12.1 Å². The van der Waals surface area contributed by atoms with Crippen LogP contribution in [0.1, 0.15) is 26.7 Å². The van der Waals surface area contributed by atoms with Crippen LogP contribution in [0.2, 0.25) is 0 Å². The van der Waals surface area contributed by atoms with Crippen molar-refractivity contribution in [2.75, 3.05) is 12.4 Å². The highest BCUT2D eigenvalue weighted by atomic mass is 79.9. The van der Waals surface area contributed by atoms with Crippen molar-refractivity contribution in [2.45, 2.75) is 32.7 Å². The van der Waals surface area contributed by atoms with E-state index in [0.717, 1.165) is 15.9 Å². The Bertz CT molecular complexity index is 314. The molecule has 1 N–H and O–H groups in total. The predicted octanol–water partition coefficient (Wildman–Crippen LogP) is 4.06. The SMILES string of the molecule is CCCC(C)Nc1ccc(Br)c(OC)c1. The molecule has 1 unspecified atom stereocenters. The van der Waals surface area contributed by atoms with Crippen LogP contribution < -0.4 is 10.1 Å². The van der Waals surface area contributed by atoms with Crippen LogP contribution in [-0.2, 0) is 0 Å². The van der Waals surface area contributed by atoms with Crippen molar-refractivity contribution in [2.24, 2.45) is 0 Å². The number of rotatable bonds is 5. The van der Waals surface area contributed by atoms with Gasteiger partial charge in [0.15, 0.2) is 0 Å². The maximum absolute atomic E-state index is 5.24. The van der Waals surface area contributed by atoms with Crippen LogP contribution >= 0.6 is 15.9 Å². The average Bonchev–Trinajstić information content (AvgIpc) is 2.21. The Morgan fingerprint density at radius 2 is 2.20 bits per heavy atom. The number of halogens is 1. The molecular weight excluding hydrogens is 254 g/mol. The lowest BCUT2D eigenvalue weighted by molar-refractivity contribution is 0.412. The third kappa shape index (κ3) is 3.74. The molecule has 84 valence electrons. The van der Waals surface area contributed by atoms with E-state index in [1.165, 1.54) is 12.8 Å². The van der Waals surface area contributed by atoms with Crippen LogP contribution in [0, 0.1) is 0 Å². The highest BCUT2D eigenvalue weighted by molar-refractivity contribution is 9.10. The summed E-state index contributed by atoms with van der Waals surface area (Å²) < 4.78 is 6.23. The normalized spacial score (nSPS) is 12.3. The van der Waals surface area contributed by atoms with Crippen molar-refractivity contribution in [3.05, 3.63) is 22.7 Å². The number of hydrogen-bond acceptors (Lipinski definition) is 2. The molecule has 1 atom stereocenters. The standard InChI is InChI=1S/C12H18BrNO/c1-4-5-9(2)14-10-6-7-11(13)12(8-10)15-3/h6-9,14H,4-5H2,1-3H3. The molecule has 0 heterocycles. The van der Waals surface area contributed by atoms with Crippen LogP contribution in [0.25, 0.3) is 0 Å². The fourth-order valence-electron chi connectivity index (χ4n) is 1.54. The molecule has 0 radical (unpaired) electrons. The Hall–Kier alpha value is -0.700. The minimum absolute atomic E-state index is 0.501. The van der Waals surface area contributed by atoms with Gasteiger partial charge in [-0.1, -0.05) is 13.3 Å². The van der Waals surface area contributed by atoms with Crippen LogP contribution in [0.5, 0.6) is 5.75 Å². The number of ether oxygens (including phenoxy) is 1. The van der Waals surface area contributed by atoms with Crippen molar-refractivity contribution in [1.29, 1.82) is 0 Å². The van der Waals surface area contributed by atoms with Crippen molar-refractivity contribution in [3.8, 4) is 5.75 Å². The first kappa shape index (κ1) is 12.4. The summed E-state index contributed by atoms with van der Waals surface area (Å²) in [4.78, 5) is 0. The van der Waals surface area contributed by atoms with E-state index < -0.39 is 0 Å². The van der Waals surface area contributed by atoms with E-state index >= 15 is 0 Å². The second-order valence-electron chi connectivity index (χ2n) is 3.68. The predicted molar refractivity (Wildman–Crippen MR) is 68.7 cm³/mol. The summed E-state index contributed by atoms with van der Waals surface area (Å²) in [6, 6.07) is 6.57. The second-order valence-corrected chi connectivity index (χ2v) is 4.54. The van der Waals surface area contributed by atoms with Crippen molar-refractivity contribution < 1.29 is 4.74 Å². The Morgan fingerprint density at radius 1 is 1.47 bits per heavy atom. The molecule has 0 aliphatic heterocycles. The average molecular weight is 272 g/mol. The first-order valence-corrected chi connectivity index (χ1v) is 6.06. The molecule has 0 fully saturated rings. The molecule has 0 aliphatic carbocycles. The largest absolute Gasteiger partial charge is 0.495 e. The third-order valence-corrected chi connectivity index (χ3v) is 2.94. The zero-order chi connectivity index (χ0) is 11.3. The minimum Gasteiger partial charge on any atom is -0.495 e. The van der Waals surface area contributed by atoms with Gasteiger partial charge in [0, 0.05) is 17.8 Å². The number of methoxy groups -OCH3 is 1. The monoisotopic (exact) mass is 271 g/mol. The Morgan fingerprint density at radius 3 is 2.80 bits per heavy atom. The first-order chi connectivity index (χ1) is 7.17. The smallest absolute Gasteiger partial charge is 0.135 e. The molecule has 0 aromatic heterocycles. The van der Waals surface area contributed by atoms with Gasteiger partial charge >= 0.3 is 0 Å². The molecular formula is C12H18BrNO. The van der Waals surface area contributed by atoms with Crippen molar-refractivity contribution in [1.82, 2.24) is 0 Å². The van der Waals surface area contributed by atoms with E-state index in [2.05, 4.69) is 41.2 Å². The van der Waals surface area contributed by atoms with Crippen molar-refractivity contribution >= 4 is 21.6 Å². The van der Waals surface area contributed by atoms with Gasteiger partial charge in [0.1, 0.15) is 5.75 Å². The fraction of sp³-hybridized carbons (Fsp3) is 0.500. The summed E-state index contributed by atoms with van der Waals surface area (Å²) >= 11 is 3.43. The zero-order valence-corrected chi connectivity index (χ0v) is 11.1. The lowest BCUT2D eigenvalue weighted by atomic mass is 10.2. The molecule has 3 heteroatoms.